The Balaban J connectivity index is 2.04. The summed E-state index contributed by atoms with van der Waals surface area (Å²) in [5, 5.41) is 9.07. The van der Waals surface area contributed by atoms with Gasteiger partial charge in [-0.15, -0.1) is 5.48 Å². The predicted molar refractivity (Wildman–Crippen MR) is 75.8 cm³/mol. The van der Waals surface area contributed by atoms with E-state index in [9.17, 15) is 9.18 Å². The molecule has 2 aromatic rings. The van der Waals surface area contributed by atoms with Crippen LogP contribution in [0.1, 0.15) is 28.4 Å². The highest BCUT2D eigenvalue weighted by Crippen LogP contribution is 2.20. The number of carbonyl (C=O) groups excluding carboxylic acids is 1. The van der Waals surface area contributed by atoms with Crippen molar-refractivity contribution in [3.8, 4) is 0 Å². The second kappa shape index (κ2) is 7.52. The van der Waals surface area contributed by atoms with Gasteiger partial charge in [-0.05, 0) is 24.6 Å². The van der Waals surface area contributed by atoms with Crippen LogP contribution in [-0.4, -0.2) is 17.7 Å². The van der Waals surface area contributed by atoms with Crippen molar-refractivity contribution in [2.24, 2.45) is 0 Å². The maximum atomic E-state index is 13.7. The van der Waals surface area contributed by atoms with Crippen molar-refractivity contribution < 1.29 is 19.1 Å². The Kier molecular flexibility index (Phi) is 5.43. The average molecular weight is 289 g/mol. The Hall–Kier alpha value is -2.24. The lowest BCUT2D eigenvalue weighted by molar-refractivity contribution is 0.0119. The summed E-state index contributed by atoms with van der Waals surface area (Å²) in [6.07, 6.45) is 0.225. The third kappa shape index (κ3) is 4.11. The Labute approximate surface area is 122 Å². The summed E-state index contributed by atoms with van der Waals surface area (Å²) < 4.78 is 13.7. The third-order valence-electron chi connectivity index (χ3n) is 3.00. The van der Waals surface area contributed by atoms with E-state index in [0.717, 1.165) is 0 Å². The standard InChI is InChI=1S/C16H16FNO3/c17-14-9-5-4-8-13(14)15(10-11-19)18-21-16(20)12-6-2-1-3-7-12/h1-9,15,18-19H,10-11H2/t15-/m0/s1. The Bertz CT molecular complexity index is 589. The van der Waals surface area contributed by atoms with Gasteiger partial charge in [-0.3, -0.25) is 0 Å². The van der Waals surface area contributed by atoms with Crippen LogP contribution in [0.5, 0.6) is 0 Å². The molecule has 21 heavy (non-hydrogen) atoms. The van der Waals surface area contributed by atoms with Gasteiger partial charge in [-0.2, -0.15) is 0 Å². The van der Waals surface area contributed by atoms with Crippen LogP contribution in [0.3, 0.4) is 0 Å². The summed E-state index contributed by atoms with van der Waals surface area (Å²) in [7, 11) is 0. The normalized spacial score (nSPS) is 11.9. The van der Waals surface area contributed by atoms with Gasteiger partial charge in [0.25, 0.3) is 0 Å². The fourth-order valence-corrected chi connectivity index (χ4v) is 1.92. The molecule has 5 heteroatoms. The Morgan fingerprint density at radius 2 is 1.81 bits per heavy atom. The van der Waals surface area contributed by atoms with Crippen molar-refractivity contribution in [2.75, 3.05) is 6.61 Å². The summed E-state index contributed by atoms with van der Waals surface area (Å²) in [6, 6.07) is 14.0. The lowest BCUT2D eigenvalue weighted by Crippen LogP contribution is -2.26. The molecule has 1 atom stereocenters. The van der Waals surface area contributed by atoms with Gasteiger partial charge >= 0.3 is 5.97 Å². The Morgan fingerprint density at radius 1 is 1.14 bits per heavy atom. The molecular weight excluding hydrogens is 273 g/mol. The number of rotatable bonds is 6. The average Bonchev–Trinajstić information content (AvgIpc) is 2.53. The highest BCUT2D eigenvalue weighted by molar-refractivity contribution is 5.89. The predicted octanol–water partition coefficient (Wildman–Crippen LogP) is 2.61. The number of carbonyl (C=O) groups is 1. The van der Waals surface area contributed by atoms with Gasteiger partial charge in [0, 0.05) is 12.2 Å². The van der Waals surface area contributed by atoms with E-state index >= 15 is 0 Å². The van der Waals surface area contributed by atoms with Crippen LogP contribution in [0, 0.1) is 5.82 Å². The minimum atomic E-state index is -0.608. The molecule has 0 amide bonds. The number of hydroxylamine groups is 1. The van der Waals surface area contributed by atoms with E-state index in [1.54, 1.807) is 48.5 Å². The topological polar surface area (TPSA) is 58.6 Å². The fourth-order valence-electron chi connectivity index (χ4n) is 1.92. The maximum Gasteiger partial charge on any atom is 0.356 e. The molecule has 0 fully saturated rings. The lowest BCUT2D eigenvalue weighted by atomic mass is 10.0. The molecule has 0 saturated carbocycles. The second-order valence-electron chi connectivity index (χ2n) is 4.46. The maximum absolute atomic E-state index is 13.7. The number of aliphatic hydroxyl groups is 1. The molecule has 4 nitrogen and oxygen atoms in total. The van der Waals surface area contributed by atoms with Crippen LogP contribution in [0.2, 0.25) is 0 Å². The smallest absolute Gasteiger partial charge is 0.356 e. The second-order valence-corrected chi connectivity index (χ2v) is 4.46. The third-order valence-corrected chi connectivity index (χ3v) is 3.00. The summed E-state index contributed by atoms with van der Waals surface area (Å²) in [5.74, 6) is -0.978. The molecule has 2 aromatic carbocycles. The highest BCUT2D eigenvalue weighted by atomic mass is 19.1. The molecule has 2 rings (SSSR count). The van der Waals surface area contributed by atoms with Gasteiger partial charge in [-0.25, -0.2) is 9.18 Å². The zero-order valence-corrected chi connectivity index (χ0v) is 11.3. The van der Waals surface area contributed by atoms with E-state index in [0.29, 0.717) is 11.1 Å². The quantitative estimate of drug-likeness (QED) is 0.803. The molecule has 0 aliphatic heterocycles. The zero-order valence-electron chi connectivity index (χ0n) is 11.3. The number of benzene rings is 2. The molecular formula is C16H16FNO3. The first-order valence-electron chi connectivity index (χ1n) is 6.59. The first-order valence-corrected chi connectivity index (χ1v) is 6.59. The summed E-state index contributed by atoms with van der Waals surface area (Å²) in [4.78, 5) is 16.8. The van der Waals surface area contributed by atoms with Crippen LogP contribution in [0.4, 0.5) is 4.39 Å². The number of nitrogens with one attached hydrogen (secondary N) is 1. The lowest BCUT2D eigenvalue weighted by Gasteiger charge is -2.18. The minimum absolute atomic E-state index is 0.158. The zero-order chi connectivity index (χ0) is 15.1. The van der Waals surface area contributed by atoms with Gasteiger partial charge in [0.15, 0.2) is 0 Å². The molecule has 0 bridgehead atoms. The monoisotopic (exact) mass is 289 g/mol. The van der Waals surface area contributed by atoms with Crippen molar-refractivity contribution in [3.05, 3.63) is 71.5 Å². The molecule has 0 radical (unpaired) electrons. The summed E-state index contributed by atoms with van der Waals surface area (Å²) >= 11 is 0. The van der Waals surface area contributed by atoms with Gasteiger partial charge in [0.05, 0.1) is 11.6 Å². The minimum Gasteiger partial charge on any atom is -0.396 e. The van der Waals surface area contributed by atoms with Crippen molar-refractivity contribution in [1.29, 1.82) is 0 Å². The molecule has 0 aliphatic rings. The van der Waals surface area contributed by atoms with Crippen molar-refractivity contribution in [2.45, 2.75) is 12.5 Å². The summed E-state index contributed by atoms with van der Waals surface area (Å²) in [5.41, 5.74) is 3.26. The van der Waals surface area contributed by atoms with Crippen molar-refractivity contribution in [1.82, 2.24) is 5.48 Å². The first-order chi connectivity index (χ1) is 10.2. The molecule has 0 aromatic heterocycles. The first kappa shape index (κ1) is 15.2. The largest absolute Gasteiger partial charge is 0.396 e. The van der Waals surface area contributed by atoms with Crippen molar-refractivity contribution in [3.63, 3.8) is 0 Å². The van der Waals surface area contributed by atoms with Crippen LogP contribution < -0.4 is 5.48 Å². The van der Waals surface area contributed by atoms with E-state index < -0.39 is 17.8 Å². The molecule has 0 saturated heterocycles. The van der Waals surface area contributed by atoms with Gasteiger partial charge in [0.2, 0.25) is 0 Å². The van der Waals surface area contributed by atoms with Crippen LogP contribution >= 0.6 is 0 Å². The number of hydrogen-bond acceptors (Lipinski definition) is 4. The fraction of sp³-hybridized carbons (Fsp3) is 0.188. The molecule has 0 heterocycles. The molecule has 110 valence electrons. The van der Waals surface area contributed by atoms with Crippen molar-refractivity contribution >= 4 is 5.97 Å². The van der Waals surface area contributed by atoms with E-state index in [1.165, 1.54) is 6.07 Å². The molecule has 2 N–H and O–H groups in total. The SMILES string of the molecule is O=C(ON[C@@H](CCO)c1ccccc1F)c1ccccc1. The van der Waals surface area contributed by atoms with E-state index in [-0.39, 0.29) is 13.0 Å². The van der Waals surface area contributed by atoms with Crippen LogP contribution in [-0.2, 0) is 4.84 Å². The van der Waals surface area contributed by atoms with E-state index in [2.05, 4.69) is 5.48 Å². The number of halogens is 1. The molecule has 0 spiro atoms. The summed E-state index contributed by atoms with van der Waals surface area (Å²) in [6.45, 7) is -0.158. The van der Waals surface area contributed by atoms with E-state index in [4.69, 9.17) is 9.94 Å². The van der Waals surface area contributed by atoms with Gasteiger partial charge in [-0.1, -0.05) is 36.4 Å². The van der Waals surface area contributed by atoms with E-state index in [1.807, 2.05) is 0 Å². The van der Waals surface area contributed by atoms with Crippen LogP contribution in [0.25, 0.3) is 0 Å². The van der Waals surface area contributed by atoms with Gasteiger partial charge < -0.3 is 9.94 Å². The Morgan fingerprint density at radius 3 is 2.48 bits per heavy atom. The number of aliphatic hydroxyl groups excluding tert-OH is 1. The molecule has 0 unspecified atom stereocenters. The van der Waals surface area contributed by atoms with Gasteiger partial charge in [0.1, 0.15) is 5.82 Å². The molecule has 0 aliphatic carbocycles. The highest BCUT2D eigenvalue weighted by Gasteiger charge is 2.17. The number of hydrogen-bond donors (Lipinski definition) is 2. The van der Waals surface area contributed by atoms with Crippen LogP contribution in [0.15, 0.2) is 54.6 Å².